The number of hydrogen-bond acceptors (Lipinski definition) is 4. The molecule has 0 aliphatic heterocycles. The Morgan fingerprint density at radius 3 is 2.60 bits per heavy atom. The summed E-state index contributed by atoms with van der Waals surface area (Å²) >= 11 is 0. The van der Waals surface area contributed by atoms with E-state index < -0.39 is 0 Å². The molecule has 0 saturated carbocycles. The van der Waals surface area contributed by atoms with Crippen LogP contribution < -0.4 is 10.6 Å². The Bertz CT molecular complexity index is 549. The van der Waals surface area contributed by atoms with Gasteiger partial charge in [0, 0.05) is 18.3 Å². The molecule has 2 rings (SSSR count). The fourth-order valence-corrected chi connectivity index (χ4v) is 2.12. The van der Waals surface area contributed by atoms with Crippen LogP contribution in [0.4, 0.5) is 5.69 Å². The van der Waals surface area contributed by atoms with Crippen LogP contribution in [0.15, 0.2) is 36.5 Å². The minimum atomic E-state index is -0.0300. The molecule has 1 atom stereocenters. The molecule has 2 N–H and O–H groups in total. The van der Waals surface area contributed by atoms with E-state index in [0.29, 0.717) is 0 Å². The number of aryl methyl sites for hydroxylation is 1. The summed E-state index contributed by atoms with van der Waals surface area (Å²) in [5.41, 5.74) is 9.96. The van der Waals surface area contributed by atoms with Crippen molar-refractivity contribution >= 4 is 5.69 Å². The highest BCUT2D eigenvalue weighted by atomic mass is 15.1. The molecule has 4 heteroatoms. The average Bonchev–Trinajstić information content (AvgIpc) is 2.45. The molecule has 0 bridgehead atoms. The molecule has 4 nitrogen and oxygen atoms in total. The molecule has 0 aliphatic carbocycles. The molecule has 0 fully saturated rings. The normalized spacial score (nSPS) is 12.2. The van der Waals surface area contributed by atoms with Gasteiger partial charge in [-0.05, 0) is 45.0 Å². The van der Waals surface area contributed by atoms with Crippen molar-refractivity contribution in [1.82, 2.24) is 9.97 Å². The van der Waals surface area contributed by atoms with E-state index in [2.05, 4.69) is 33.9 Å². The van der Waals surface area contributed by atoms with E-state index in [-0.39, 0.29) is 6.04 Å². The van der Waals surface area contributed by atoms with Gasteiger partial charge in [-0.25, -0.2) is 0 Å². The molecule has 0 aromatic carbocycles. The SMILES string of the molecule is CCN(Cc1cccc(C)n1)c1ccc([C@@H](C)N)nc1. The lowest BCUT2D eigenvalue weighted by atomic mass is 10.2. The van der Waals surface area contributed by atoms with Gasteiger partial charge in [0.2, 0.25) is 0 Å². The van der Waals surface area contributed by atoms with Gasteiger partial charge in [0.25, 0.3) is 0 Å². The first-order chi connectivity index (χ1) is 9.60. The standard InChI is InChI=1S/C16H22N4/c1-4-20(11-14-7-5-6-12(2)19-14)15-8-9-16(13(3)17)18-10-15/h5-10,13H,4,11,17H2,1-3H3/t13-/m1/s1. The second-order valence-electron chi connectivity index (χ2n) is 5.01. The first kappa shape index (κ1) is 14.5. The van der Waals surface area contributed by atoms with E-state index >= 15 is 0 Å². The zero-order valence-electron chi connectivity index (χ0n) is 12.4. The smallest absolute Gasteiger partial charge is 0.0602 e. The molecule has 0 spiro atoms. The number of pyridine rings is 2. The number of nitrogens with two attached hydrogens (primary N) is 1. The summed E-state index contributed by atoms with van der Waals surface area (Å²) in [6, 6.07) is 10.1. The van der Waals surface area contributed by atoms with Crippen molar-refractivity contribution in [3.05, 3.63) is 53.6 Å². The molecule has 0 saturated heterocycles. The summed E-state index contributed by atoms with van der Waals surface area (Å²) in [7, 11) is 0. The Morgan fingerprint density at radius 2 is 2.05 bits per heavy atom. The number of anilines is 1. The third-order valence-corrected chi connectivity index (χ3v) is 3.28. The highest BCUT2D eigenvalue weighted by Gasteiger charge is 2.08. The third-order valence-electron chi connectivity index (χ3n) is 3.28. The molecule has 0 radical (unpaired) electrons. The fraction of sp³-hybridized carbons (Fsp3) is 0.375. The Labute approximate surface area is 120 Å². The maximum absolute atomic E-state index is 5.83. The summed E-state index contributed by atoms with van der Waals surface area (Å²) in [4.78, 5) is 11.2. The molecule has 20 heavy (non-hydrogen) atoms. The Morgan fingerprint density at radius 1 is 1.25 bits per heavy atom. The highest BCUT2D eigenvalue weighted by Crippen LogP contribution is 2.17. The maximum atomic E-state index is 5.83. The molecule has 2 aromatic heterocycles. The second kappa shape index (κ2) is 6.48. The van der Waals surface area contributed by atoms with Gasteiger partial charge in [0.05, 0.1) is 29.8 Å². The number of nitrogens with zero attached hydrogens (tertiary/aromatic N) is 3. The largest absolute Gasteiger partial charge is 0.365 e. The minimum Gasteiger partial charge on any atom is -0.365 e. The topological polar surface area (TPSA) is 55.0 Å². The average molecular weight is 270 g/mol. The van der Waals surface area contributed by atoms with E-state index in [1.165, 1.54) is 0 Å². The van der Waals surface area contributed by atoms with Gasteiger partial charge in [-0.15, -0.1) is 0 Å². The Kier molecular flexibility index (Phi) is 4.69. The molecule has 2 aromatic rings. The molecule has 0 amide bonds. The van der Waals surface area contributed by atoms with Gasteiger partial charge in [0.15, 0.2) is 0 Å². The van der Waals surface area contributed by atoms with Gasteiger partial charge in [0.1, 0.15) is 0 Å². The van der Waals surface area contributed by atoms with Gasteiger partial charge >= 0.3 is 0 Å². The van der Waals surface area contributed by atoms with Gasteiger partial charge < -0.3 is 10.6 Å². The quantitative estimate of drug-likeness (QED) is 0.907. The van der Waals surface area contributed by atoms with Crippen LogP contribution in [-0.4, -0.2) is 16.5 Å². The van der Waals surface area contributed by atoms with Crippen LogP contribution in [0.1, 0.15) is 37.0 Å². The summed E-state index contributed by atoms with van der Waals surface area (Å²) in [5, 5.41) is 0. The van der Waals surface area contributed by atoms with Crippen molar-refractivity contribution in [2.24, 2.45) is 5.73 Å². The zero-order valence-corrected chi connectivity index (χ0v) is 12.4. The maximum Gasteiger partial charge on any atom is 0.0602 e. The van der Waals surface area contributed by atoms with Crippen LogP contribution >= 0.6 is 0 Å². The summed E-state index contributed by atoms with van der Waals surface area (Å²) < 4.78 is 0. The Balaban J connectivity index is 2.15. The van der Waals surface area contributed by atoms with Crippen LogP contribution in [0.3, 0.4) is 0 Å². The van der Waals surface area contributed by atoms with Crippen LogP contribution in [0.2, 0.25) is 0 Å². The van der Waals surface area contributed by atoms with E-state index in [9.17, 15) is 0 Å². The van der Waals surface area contributed by atoms with Gasteiger partial charge in [-0.2, -0.15) is 0 Å². The van der Waals surface area contributed by atoms with Crippen LogP contribution in [0.25, 0.3) is 0 Å². The molecule has 2 heterocycles. The van der Waals surface area contributed by atoms with Crippen molar-refractivity contribution in [3.8, 4) is 0 Å². The first-order valence-corrected chi connectivity index (χ1v) is 6.99. The second-order valence-corrected chi connectivity index (χ2v) is 5.01. The van der Waals surface area contributed by atoms with Crippen molar-refractivity contribution in [1.29, 1.82) is 0 Å². The number of rotatable bonds is 5. The van der Waals surface area contributed by atoms with Crippen LogP contribution in [-0.2, 0) is 6.54 Å². The lowest BCUT2D eigenvalue weighted by Crippen LogP contribution is -2.23. The molecule has 106 valence electrons. The lowest BCUT2D eigenvalue weighted by molar-refractivity contribution is 0.770. The van der Waals surface area contributed by atoms with Gasteiger partial charge in [-0.1, -0.05) is 6.07 Å². The molecule has 0 aliphatic rings. The number of hydrogen-bond donors (Lipinski definition) is 1. The van der Waals surface area contributed by atoms with Crippen molar-refractivity contribution in [2.45, 2.75) is 33.4 Å². The predicted octanol–water partition coefficient (Wildman–Crippen LogP) is 2.83. The highest BCUT2D eigenvalue weighted by molar-refractivity contribution is 5.45. The summed E-state index contributed by atoms with van der Waals surface area (Å²) in [6.45, 7) is 7.79. The molecular weight excluding hydrogens is 248 g/mol. The van der Waals surface area contributed by atoms with E-state index in [0.717, 1.165) is 35.9 Å². The number of aromatic nitrogens is 2. The van der Waals surface area contributed by atoms with E-state index in [1.807, 2.05) is 38.2 Å². The van der Waals surface area contributed by atoms with Crippen molar-refractivity contribution in [2.75, 3.05) is 11.4 Å². The monoisotopic (exact) mass is 270 g/mol. The summed E-state index contributed by atoms with van der Waals surface area (Å²) in [5.74, 6) is 0. The zero-order chi connectivity index (χ0) is 14.5. The first-order valence-electron chi connectivity index (χ1n) is 6.99. The molecular formula is C16H22N4. The van der Waals surface area contributed by atoms with E-state index in [1.54, 1.807) is 0 Å². The van der Waals surface area contributed by atoms with Crippen molar-refractivity contribution in [3.63, 3.8) is 0 Å². The molecule has 0 unspecified atom stereocenters. The van der Waals surface area contributed by atoms with Crippen molar-refractivity contribution < 1.29 is 0 Å². The van der Waals surface area contributed by atoms with E-state index in [4.69, 9.17) is 5.73 Å². The minimum absolute atomic E-state index is 0.0300. The lowest BCUT2D eigenvalue weighted by Gasteiger charge is -2.23. The summed E-state index contributed by atoms with van der Waals surface area (Å²) in [6.07, 6.45) is 1.89. The van der Waals surface area contributed by atoms with Crippen LogP contribution in [0, 0.1) is 6.92 Å². The Hall–Kier alpha value is -1.94. The van der Waals surface area contributed by atoms with Gasteiger partial charge in [-0.3, -0.25) is 9.97 Å². The fourth-order valence-electron chi connectivity index (χ4n) is 2.12. The van der Waals surface area contributed by atoms with Crippen LogP contribution in [0.5, 0.6) is 0 Å². The predicted molar refractivity (Wildman–Crippen MR) is 82.5 cm³/mol. The third kappa shape index (κ3) is 3.54.